The molecule has 0 aliphatic heterocycles. The summed E-state index contributed by atoms with van der Waals surface area (Å²) in [5, 5.41) is 29.4. The first-order valence-electron chi connectivity index (χ1n) is 29.8. The Hall–Kier alpha value is -10.2. The molecule has 0 saturated carbocycles. The summed E-state index contributed by atoms with van der Waals surface area (Å²) in [5.41, 5.74) is 14.9. The third-order valence-corrected chi connectivity index (χ3v) is 14.9. The molecule has 5 unspecified atom stereocenters. The number of nitrogens with zero attached hydrogens (tertiary/aromatic N) is 2. The highest BCUT2D eigenvalue weighted by Gasteiger charge is 2.31. The zero-order chi connectivity index (χ0) is 67.0. The Morgan fingerprint density at radius 1 is 0.446 bits per heavy atom. The lowest BCUT2D eigenvalue weighted by Crippen LogP contribution is -2.55. The van der Waals surface area contributed by atoms with E-state index in [1.165, 1.54) is 20.9 Å². The fourth-order valence-corrected chi connectivity index (χ4v) is 10.3. The van der Waals surface area contributed by atoms with Gasteiger partial charge in [0, 0.05) is 6.26 Å². The number of benzene rings is 6. The first-order valence-corrected chi connectivity index (χ1v) is 31.8. The Balaban J connectivity index is 0.000000342. The Labute approximate surface area is 536 Å². The van der Waals surface area contributed by atoms with Gasteiger partial charge in [-0.1, -0.05) is 209 Å². The molecule has 5 atom stereocenters. The van der Waals surface area contributed by atoms with Gasteiger partial charge in [-0.15, -0.1) is 0 Å². The number of carbonyl (C=O) groups excluding carboxylic acids is 9. The van der Waals surface area contributed by atoms with E-state index < -0.39 is 113 Å². The van der Waals surface area contributed by atoms with Crippen LogP contribution in [0.1, 0.15) is 111 Å². The summed E-state index contributed by atoms with van der Waals surface area (Å²) in [6.45, 7) is 5.43. The van der Waals surface area contributed by atoms with Gasteiger partial charge in [0.15, 0.2) is 11.6 Å². The summed E-state index contributed by atoms with van der Waals surface area (Å²) >= 11 is 0. The number of hydrogen-bond donors (Lipinski definition) is 11. The van der Waals surface area contributed by atoms with Crippen LogP contribution in [0.4, 0.5) is 9.59 Å². The number of urea groups is 2. The number of hydrazone groups is 2. The van der Waals surface area contributed by atoms with E-state index >= 15 is 0 Å². The van der Waals surface area contributed by atoms with Crippen molar-refractivity contribution >= 4 is 74.4 Å². The summed E-state index contributed by atoms with van der Waals surface area (Å²) < 4.78 is 23.9. The van der Waals surface area contributed by atoms with Crippen LogP contribution in [0.3, 0.4) is 0 Å². The standard InChI is InChI=1S/C36H45N7O7S.C31H36N6O4/c1-5-15-28(39-34(46)29(37-3)23-51(4,49)50)33(35(47)38-22-30(45)40-31(24(2)44)25-16-9-6-10-17-25)42-43-36(48)41-32(26-18-11-7-12-19-26)27-20-13-8-14-21-27;1-3-13-25(32)29(30(40)33-20-26(39)34-27(21(2)38)22-14-7-4-8-15-22)36-37-31(41)35-28(23-16-9-5-10-17-23)24-18-11-6-12-19-24/h6-14,16-21,28-29,31-32,37H,5,15,22-23H2,1-4H3,(H,38,47)(H,39,46)(H,40,45)(H2,41,43,48);4-12,14-19,25,27-28H,3,13,20,32H2,1-2H3,(H,33,40)(H,34,39)(H2,35,37,41)/b42-33-;36-29-. The summed E-state index contributed by atoms with van der Waals surface area (Å²) in [6.07, 6.45) is 2.71. The van der Waals surface area contributed by atoms with Crippen LogP contribution in [0.5, 0.6) is 0 Å². The lowest BCUT2D eigenvalue weighted by atomic mass is 9.99. The van der Waals surface area contributed by atoms with Crippen LogP contribution in [0.15, 0.2) is 192 Å². The number of hydrogen-bond acceptors (Lipinski definition) is 15. The number of ketones is 2. The molecule has 0 radical (unpaired) electrons. The monoisotopic (exact) mass is 1280 g/mol. The first-order chi connectivity index (χ1) is 44.1. The minimum absolute atomic E-state index is 0.128. The maximum absolute atomic E-state index is 13.7. The molecule has 0 heterocycles. The molecule has 0 aliphatic carbocycles. The lowest BCUT2D eigenvalue weighted by Gasteiger charge is -2.24. The number of rotatable bonds is 31. The minimum Gasteiger partial charge on any atom is -0.346 e. The number of carbonyl (C=O) groups is 9. The highest BCUT2D eigenvalue weighted by molar-refractivity contribution is 7.90. The van der Waals surface area contributed by atoms with Gasteiger partial charge in [0.1, 0.15) is 39.4 Å². The smallest absolute Gasteiger partial charge is 0.335 e. The largest absolute Gasteiger partial charge is 0.346 e. The number of sulfone groups is 1. The third kappa shape index (κ3) is 24.3. The molecule has 0 saturated heterocycles. The molecule has 6 aromatic carbocycles. The van der Waals surface area contributed by atoms with Crippen LogP contribution >= 0.6 is 0 Å². The summed E-state index contributed by atoms with van der Waals surface area (Å²) in [5.74, 6) is -4.63. The van der Waals surface area contributed by atoms with Crippen LogP contribution < -0.4 is 59.1 Å². The SMILES string of the molecule is CCCC(N)/C(=N/NC(=O)NC(c1ccccc1)c1ccccc1)C(=O)NCC(=O)NC(C(C)=O)c1ccccc1.CCCC(NC(=O)C(CS(C)(=O)=O)NC)/C(=N/NC(=O)NC(c1ccccc1)c1ccccc1)C(=O)NCC(=O)NC(C(C)=O)c1ccccc1. The number of nitrogens with one attached hydrogen (secondary N) is 10. The molecule has 0 spiro atoms. The van der Waals surface area contributed by atoms with Crippen molar-refractivity contribution in [3.05, 3.63) is 215 Å². The van der Waals surface area contributed by atoms with Gasteiger partial charge in [-0.05, 0) is 67.1 Å². The van der Waals surface area contributed by atoms with Gasteiger partial charge < -0.3 is 48.3 Å². The first kappa shape index (κ1) is 72.5. The van der Waals surface area contributed by atoms with Crippen molar-refractivity contribution in [2.75, 3.05) is 32.1 Å². The second-order valence-electron chi connectivity index (χ2n) is 21.3. The topological polar surface area (TPSA) is 359 Å². The second-order valence-corrected chi connectivity index (χ2v) is 23.4. The summed E-state index contributed by atoms with van der Waals surface area (Å²) in [7, 11) is -2.14. The van der Waals surface area contributed by atoms with E-state index in [4.69, 9.17) is 5.73 Å². The molecule has 92 heavy (non-hydrogen) atoms. The van der Waals surface area contributed by atoms with E-state index in [1.807, 2.05) is 128 Å². The van der Waals surface area contributed by atoms with Crippen molar-refractivity contribution in [1.82, 2.24) is 53.4 Å². The van der Waals surface area contributed by atoms with Gasteiger partial charge >= 0.3 is 12.1 Å². The molecule has 486 valence electrons. The van der Waals surface area contributed by atoms with Crippen molar-refractivity contribution in [1.29, 1.82) is 0 Å². The van der Waals surface area contributed by atoms with Crippen molar-refractivity contribution in [3.8, 4) is 0 Å². The van der Waals surface area contributed by atoms with Crippen LogP contribution in [0, 0.1) is 0 Å². The van der Waals surface area contributed by atoms with Gasteiger partial charge in [-0.25, -0.2) is 28.9 Å². The number of nitrogens with two attached hydrogens (primary N) is 1. The zero-order valence-electron chi connectivity index (χ0n) is 52.2. The van der Waals surface area contributed by atoms with Crippen molar-refractivity contribution in [2.24, 2.45) is 15.9 Å². The molecule has 6 aromatic rings. The van der Waals surface area contributed by atoms with E-state index in [2.05, 4.69) is 63.6 Å². The molecule has 25 heteroatoms. The highest BCUT2D eigenvalue weighted by atomic mass is 32.2. The average Bonchev–Trinajstić information content (AvgIpc) is 3.27. The van der Waals surface area contributed by atoms with E-state index in [1.54, 1.807) is 67.6 Å². The van der Waals surface area contributed by atoms with Crippen LogP contribution in [0.2, 0.25) is 0 Å². The normalized spacial score (nSPS) is 13.0. The number of Topliss-reactive ketones (excluding diaryl/α,β-unsaturated/α-hetero) is 2. The van der Waals surface area contributed by atoms with Gasteiger partial charge in [-0.2, -0.15) is 10.2 Å². The minimum atomic E-state index is -3.57. The zero-order valence-corrected chi connectivity index (χ0v) is 53.0. The average molecular weight is 1280 g/mol. The van der Waals surface area contributed by atoms with Crippen LogP contribution in [-0.4, -0.2) is 123 Å². The fraction of sp³-hybridized carbons (Fsp3) is 0.299. The van der Waals surface area contributed by atoms with Crippen LogP contribution in [-0.2, 0) is 43.4 Å². The molecule has 9 amide bonds. The quantitative estimate of drug-likeness (QED) is 0.0201. The Morgan fingerprint density at radius 2 is 0.772 bits per heavy atom. The third-order valence-electron chi connectivity index (χ3n) is 13.9. The van der Waals surface area contributed by atoms with Gasteiger partial charge in [0.25, 0.3) is 11.8 Å². The van der Waals surface area contributed by atoms with Gasteiger partial charge in [0.05, 0.1) is 43.0 Å². The van der Waals surface area contributed by atoms with Crippen LogP contribution in [0.25, 0.3) is 0 Å². The van der Waals surface area contributed by atoms with E-state index in [9.17, 15) is 51.6 Å². The highest BCUT2D eigenvalue weighted by Crippen LogP contribution is 2.23. The maximum atomic E-state index is 13.7. The molecular formula is C67H81N13O11S. The van der Waals surface area contributed by atoms with Crippen molar-refractivity contribution in [2.45, 2.75) is 95.7 Å². The molecule has 12 N–H and O–H groups in total. The molecular weight excluding hydrogens is 1190 g/mol. The summed E-state index contributed by atoms with van der Waals surface area (Å²) in [4.78, 5) is 116. The number of amides is 9. The number of likely N-dealkylation sites (N-methyl/N-ethyl adjacent to an activating group) is 1. The Kier molecular flexibility index (Phi) is 29.7. The van der Waals surface area contributed by atoms with E-state index in [0.717, 1.165) is 28.5 Å². The molecule has 0 aromatic heterocycles. The summed E-state index contributed by atoms with van der Waals surface area (Å²) in [6, 6.07) is 47.4. The second kappa shape index (κ2) is 37.7. The van der Waals surface area contributed by atoms with E-state index in [-0.39, 0.29) is 29.4 Å². The molecule has 0 aliphatic rings. The molecule has 0 bridgehead atoms. The molecule has 24 nitrogen and oxygen atoms in total. The maximum Gasteiger partial charge on any atom is 0.335 e. The molecule has 0 fully saturated rings. The van der Waals surface area contributed by atoms with E-state index in [0.29, 0.717) is 30.4 Å². The van der Waals surface area contributed by atoms with Crippen molar-refractivity contribution < 1.29 is 51.6 Å². The predicted octanol–water partition coefficient (Wildman–Crippen LogP) is 5.03. The predicted molar refractivity (Wildman–Crippen MR) is 352 cm³/mol. The fourth-order valence-electron chi connectivity index (χ4n) is 9.37. The Morgan fingerprint density at radius 3 is 1.09 bits per heavy atom. The molecule has 6 rings (SSSR count). The lowest BCUT2D eigenvalue weighted by molar-refractivity contribution is -0.127. The van der Waals surface area contributed by atoms with Gasteiger partial charge in [-0.3, -0.25) is 33.6 Å². The van der Waals surface area contributed by atoms with Gasteiger partial charge in [0.2, 0.25) is 17.7 Å². The van der Waals surface area contributed by atoms with Crippen molar-refractivity contribution in [3.63, 3.8) is 0 Å². The Bertz CT molecular complexity index is 3490.